The maximum Gasteiger partial charge on any atom is 0.170 e. The van der Waals surface area contributed by atoms with Gasteiger partial charge in [-0.1, -0.05) is 12.1 Å². The maximum absolute atomic E-state index is 12.0. The number of anilines is 1. The zero-order valence-electron chi connectivity index (χ0n) is 9.06. The molecule has 0 radical (unpaired) electrons. The molecule has 0 aliphatic rings. The molecule has 2 rings (SSSR count). The summed E-state index contributed by atoms with van der Waals surface area (Å²) in [5, 5.41) is 0. The molecule has 4 heteroatoms. The molecule has 1 aromatic carbocycles. The van der Waals surface area contributed by atoms with Crippen molar-refractivity contribution in [3.8, 4) is 0 Å². The molecule has 0 unspecified atom stereocenters. The Kier molecular flexibility index (Phi) is 3.54. The summed E-state index contributed by atoms with van der Waals surface area (Å²) >= 11 is 3.30. The van der Waals surface area contributed by atoms with Crippen molar-refractivity contribution in [2.75, 3.05) is 5.73 Å². The van der Waals surface area contributed by atoms with Gasteiger partial charge in [0.15, 0.2) is 5.78 Å². The summed E-state index contributed by atoms with van der Waals surface area (Å²) < 4.78 is 0.896. The van der Waals surface area contributed by atoms with Crippen LogP contribution < -0.4 is 5.73 Å². The molecule has 1 heterocycles. The predicted molar refractivity (Wildman–Crippen MR) is 70.8 cm³/mol. The fourth-order valence-electron chi connectivity index (χ4n) is 1.52. The smallest absolute Gasteiger partial charge is 0.170 e. The number of hydrogen-bond donors (Lipinski definition) is 1. The minimum Gasteiger partial charge on any atom is -0.398 e. The first-order chi connectivity index (χ1) is 8.16. The van der Waals surface area contributed by atoms with Crippen LogP contribution in [0.3, 0.4) is 0 Å². The fourth-order valence-corrected chi connectivity index (χ4v) is 1.76. The van der Waals surface area contributed by atoms with Crippen LogP contribution in [0.15, 0.2) is 47.1 Å². The molecule has 2 N–H and O–H groups in total. The molecule has 0 aliphatic carbocycles. The van der Waals surface area contributed by atoms with Gasteiger partial charge in [0.1, 0.15) is 0 Å². The van der Waals surface area contributed by atoms with Gasteiger partial charge < -0.3 is 5.73 Å². The number of para-hydroxylation sites is 1. The minimum absolute atomic E-state index is 0.0158. The highest BCUT2D eigenvalue weighted by Crippen LogP contribution is 2.14. The molecule has 1 aromatic heterocycles. The number of rotatable bonds is 3. The van der Waals surface area contributed by atoms with Crippen molar-refractivity contribution < 1.29 is 4.79 Å². The van der Waals surface area contributed by atoms with Gasteiger partial charge in [0.2, 0.25) is 0 Å². The highest BCUT2D eigenvalue weighted by molar-refractivity contribution is 9.10. The highest BCUT2D eigenvalue weighted by Gasteiger charge is 2.10. The van der Waals surface area contributed by atoms with E-state index in [0.29, 0.717) is 11.3 Å². The van der Waals surface area contributed by atoms with Gasteiger partial charge in [-0.2, -0.15) is 0 Å². The summed E-state index contributed by atoms with van der Waals surface area (Å²) in [4.78, 5) is 16.2. The Morgan fingerprint density at radius 3 is 2.65 bits per heavy atom. The van der Waals surface area contributed by atoms with Gasteiger partial charge in [-0.3, -0.25) is 9.78 Å². The Morgan fingerprint density at radius 1 is 1.24 bits per heavy atom. The lowest BCUT2D eigenvalue weighted by Gasteiger charge is -2.04. The summed E-state index contributed by atoms with van der Waals surface area (Å²) in [5.41, 5.74) is 7.55. The van der Waals surface area contributed by atoms with Crippen LogP contribution in [0.1, 0.15) is 16.1 Å². The van der Waals surface area contributed by atoms with Crippen molar-refractivity contribution in [1.29, 1.82) is 0 Å². The second kappa shape index (κ2) is 5.10. The van der Waals surface area contributed by atoms with E-state index in [1.807, 2.05) is 18.2 Å². The molecule has 0 atom stereocenters. The van der Waals surface area contributed by atoms with Crippen LogP contribution in [0.4, 0.5) is 5.69 Å². The number of pyridine rings is 1. The summed E-state index contributed by atoms with van der Waals surface area (Å²) in [6.07, 6.45) is 1.94. The van der Waals surface area contributed by atoms with E-state index in [0.717, 1.165) is 10.2 Å². The van der Waals surface area contributed by atoms with E-state index in [1.165, 1.54) is 0 Å². The zero-order valence-corrected chi connectivity index (χ0v) is 10.6. The number of nitrogens with zero attached hydrogens (tertiary/aromatic N) is 1. The standard InChI is InChI=1S/C13H11BrN2O/c14-9-5-6-10(16-8-9)7-13(17)11-3-1-2-4-12(11)15/h1-6,8H,7,15H2. The highest BCUT2D eigenvalue weighted by atomic mass is 79.9. The van der Waals surface area contributed by atoms with Crippen LogP contribution in [0.5, 0.6) is 0 Å². The van der Waals surface area contributed by atoms with E-state index >= 15 is 0 Å². The molecule has 2 aromatic rings. The largest absolute Gasteiger partial charge is 0.398 e. The van der Waals surface area contributed by atoms with E-state index in [-0.39, 0.29) is 12.2 Å². The van der Waals surface area contributed by atoms with Gasteiger partial charge in [0, 0.05) is 27.6 Å². The molecule has 0 saturated heterocycles. The predicted octanol–water partition coefficient (Wildman–Crippen LogP) is 2.85. The van der Waals surface area contributed by atoms with Crippen molar-refractivity contribution in [3.05, 3.63) is 58.3 Å². The molecular weight excluding hydrogens is 280 g/mol. The van der Waals surface area contributed by atoms with Crippen LogP contribution in [0.25, 0.3) is 0 Å². The summed E-state index contributed by atoms with van der Waals surface area (Å²) in [5.74, 6) is -0.0158. The molecule has 0 amide bonds. The first-order valence-electron chi connectivity index (χ1n) is 5.15. The van der Waals surface area contributed by atoms with Crippen LogP contribution >= 0.6 is 15.9 Å². The van der Waals surface area contributed by atoms with Crippen LogP contribution in [0.2, 0.25) is 0 Å². The molecule has 86 valence electrons. The molecule has 0 bridgehead atoms. The van der Waals surface area contributed by atoms with Gasteiger partial charge in [0.05, 0.1) is 6.42 Å². The quantitative estimate of drug-likeness (QED) is 0.699. The zero-order chi connectivity index (χ0) is 12.3. The van der Waals surface area contributed by atoms with Crippen LogP contribution in [-0.2, 0) is 6.42 Å². The van der Waals surface area contributed by atoms with Crippen molar-refractivity contribution in [1.82, 2.24) is 4.98 Å². The second-order valence-electron chi connectivity index (χ2n) is 3.65. The van der Waals surface area contributed by atoms with E-state index in [4.69, 9.17) is 5.73 Å². The first kappa shape index (κ1) is 11.8. The van der Waals surface area contributed by atoms with Crippen molar-refractivity contribution in [2.45, 2.75) is 6.42 Å². The van der Waals surface area contributed by atoms with Crippen molar-refractivity contribution in [2.24, 2.45) is 0 Å². The number of nitrogen functional groups attached to an aromatic ring is 1. The van der Waals surface area contributed by atoms with Gasteiger partial charge in [0.25, 0.3) is 0 Å². The van der Waals surface area contributed by atoms with E-state index < -0.39 is 0 Å². The summed E-state index contributed by atoms with van der Waals surface area (Å²) in [6.45, 7) is 0. The lowest BCUT2D eigenvalue weighted by atomic mass is 10.0. The van der Waals surface area contributed by atoms with Crippen molar-refractivity contribution >= 4 is 27.4 Å². The number of benzene rings is 1. The molecule has 3 nitrogen and oxygen atoms in total. The average Bonchev–Trinajstić information content (AvgIpc) is 2.32. The summed E-state index contributed by atoms with van der Waals surface area (Å²) in [6, 6.07) is 10.8. The lowest BCUT2D eigenvalue weighted by molar-refractivity contribution is 0.0993. The van der Waals surface area contributed by atoms with E-state index in [9.17, 15) is 4.79 Å². The number of Topliss-reactive ketones (excluding diaryl/α,β-unsaturated/α-hetero) is 1. The Balaban J connectivity index is 2.17. The summed E-state index contributed by atoms with van der Waals surface area (Å²) in [7, 11) is 0. The van der Waals surface area contributed by atoms with Gasteiger partial charge in [-0.25, -0.2) is 0 Å². The van der Waals surface area contributed by atoms with E-state index in [1.54, 1.807) is 24.4 Å². The van der Waals surface area contributed by atoms with Crippen LogP contribution in [0, 0.1) is 0 Å². The number of carbonyl (C=O) groups is 1. The Morgan fingerprint density at radius 2 is 2.00 bits per heavy atom. The molecule has 0 aliphatic heterocycles. The van der Waals surface area contributed by atoms with Crippen molar-refractivity contribution in [3.63, 3.8) is 0 Å². The second-order valence-corrected chi connectivity index (χ2v) is 4.57. The van der Waals surface area contributed by atoms with Gasteiger partial charge in [-0.05, 0) is 40.2 Å². The van der Waals surface area contributed by atoms with Crippen LogP contribution in [-0.4, -0.2) is 10.8 Å². The molecule has 0 fully saturated rings. The normalized spacial score (nSPS) is 10.2. The molecular formula is C13H11BrN2O. The SMILES string of the molecule is Nc1ccccc1C(=O)Cc1ccc(Br)cn1. The Labute approximate surface area is 108 Å². The third-order valence-electron chi connectivity index (χ3n) is 2.39. The first-order valence-corrected chi connectivity index (χ1v) is 5.94. The number of hydrogen-bond acceptors (Lipinski definition) is 3. The van der Waals surface area contributed by atoms with Gasteiger partial charge >= 0.3 is 0 Å². The average molecular weight is 291 g/mol. The lowest BCUT2D eigenvalue weighted by Crippen LogP contribution is -2.07. The number of aromatic nitrogens is 1. The molecule has 0 spiro atoms. The number of carbonyl (C=O) groups excluding carboxylic acids is 1. The monoisotopic (exact) mass is 290 g/mol. The molecule has 17 heavy (non-hydrogen) atoms. The third kappa shape index (κ3) is 2.91. The fraction of sp³-hybridized carbons (Fsp3) is 0.0769. The number of halogens is 1. The van der Waals surface area contributed by atoms with Gasteiger partial charge in [-0.15, -0.1) is 0 Å². The van der Waals surface area contributed by atoms with E-state index in [2.05, 4.69) is 20.9 Å². The number of nitrogens with two attached hydrogens (primary N) is 1. The minimum atomic E-state index is -0.0158. The molecule has 0 saturated carbocycles. The third-order valence-corrected chi connectivity index (χ3v) is 2.86. The maximum atomic E-state index is 12.0. The topological polar surface area (TPSA) is 56.0 Å². The number of ketones is 1. The Bertz CT molecular complexity index is 537. The Hall–Kier alpha value is -1.68.